The molecule has 2 atom stereocenters. The van der Waals surface area contributed by atoms with Crippen LogP contribution in [0.5, 0.6) is 0 Å². The van der Waals surface area contributed by atoms with Gasteiger partial charge in [0, 0.05) is 31.7 Å². The Kier molecular flexibility index (Phi) is 6.52. The standard InChI is InChI=1S/C24H28F3N3O5S/c25-24(26,27)18-6-1-2-7-21(18)36(33,34)17-12-20(23(31)32)29(14-17)22-13-19(15-8-10-35-11-9-15)28-30(22)16-4-3-5-16/h1-2,6-7,13,15-17,20H,3-5,8-12,14H2,(H,31,32)/t17-,20+/m1/s1. The molecule has 5 rings (SSSR count). The Morgan fingerprint density at radius 1 is 1.11 bits per heavy atom. The number of aliphatic carboxylic acids is 1. The van der Waals surface area contributed by atoms with Gasteiger partial charge in [-0.25, -0.2) is 17.9 Å². The Labute approximate surface area is 207 Å². The quantitative estimate of drug-likeness (QED) is 0.605. The summed E-state index contributed by atoms with van der Waals surface area (Å²) in [6.07, 6.45) is -0.808. The summed E-state index contributed by atoms with van der Waals surface area (Å²) in [5, 5.41) is 13.5. The molecule has 2 saturated heterocycles. The number of carbonyl (C=O) groups is 1. The third-order valence-electron chi connectivity index (χ3n) is 7.57. The number of benzene rings is 1. The van der Waals surface area contributed by atoms with Gasteiger partial charge in [0.05, 0.1) is 27.4 Å². The Hall–Kier alpha value is -2.60. The fourth-order valence-corrected chi connectivity index (χ4v) is 7.26. The summed E-state index contributed by atoms with van der Waals surface area (Å²) in [5.41, 5.74) is -0.422. The van der Waals surface area contributed by atoms with E-state index in [0.29, 0.717) is 19.0 Å². The van der Waals surface area contributed by atoms with E-state index in [9.17, 15) is 31.5 Å². The highest BCUT2D eigenvalue weighted by molar-refractivity contribution is 7.92. The van der Waals surface area contributed by atoms with Crippen LogP contribution in [0.15, 0.2) is 35.2 Å². The van der Waals surface area contributed by atoms with Crippen LogP contribution in [0.4, 0.5) is 19.0 Å². The molecule has 1 saturated carbocycles. The van der Waals surface area contributed by atoms with Crippen LogP contribution in [0.3, 0.4) is 0 Å². The third kappa shape index (κ3) is 4.49. The summed E-state index contributed by atoms with van der Waals surface area (Å²) in [6, 6.07) is 4.79. The molecule has 0 bridgehead atoms. The summed E-state index contributed by atoms with van der Waals surface area (Å²) >= 11 is 0. The minimum absolute atomic E-state index is 0.0876. The number of carboxylic acid groups (broad SMARTS) is 1. The molecular formula is C24H28F3N3O5S. The molecule has 1 N–H and O–H groups in total. The van der Waals surface area contributed by atoms with E-state index in [1.807, 2.05) is 10.7 Å². The molecule has 0 radical (unpaired) electrons. The first-order valence-electron chi connectivity index (χ1n) is 12.1. The van der Waals surface area contributed by atoms with Crippen molar-refractivity contribution in [3.05, 3.63) is 41.6 Å². The van der Waals surface area contributed by atoms with Crippen molar-refractivity contribution in [2.45, 2.75) is 72.8 Å². The maximum Gasteiger partial charge on any atom is 0.417 e. The van der Waals surface area contributed by atoms with Crippen LogP contribution >= 0.6 is 0 Å². The van der Waals surface area contributed by atoms with Gasteiger partial charge in [0.15, 0.2) is 9.84 Å². The number of carboxylic acids is 1. The Balaban J connectivity index is 1.51. The second kappa shape index (κ2) is 9.37. The monoisotopic (exact) mass is 527 g/mol. The van der Waals surface area contributed by atoms with Crippen LogP contribution < -0.4 is 4.90 Å². The third-order valence-corrected chi connectivity index (χ3v) is 9.76. The zero-order chi connectivity index (χ0) is 25.7. The Bertz CT molecular complexity index is 1240. The molecule has 3 aliphatic rings. The van der Waals surface area contributed by atoms with Gasteiger partial charge in [-0.05, 0) is 50.7 Å². The number of halogens is 3. The highest BCUT2D eigenvalue weighted by atomic mass is 32.2. The number of rotatable bonds is 6. The van der Waals surface area contributed by atoms with E-state index >= 15 is 0 Å². The second-order valence-corrected chi connectivity index (χ2v) is 11.9. The normalized spacial score (nSPS) is 24.1. The van der Waals surface area contributed by atoms with E-state index in [1.165, 1.54) is 11.0 Å². The predicted octanol–water partition coefficient (Wildman–Crippen LogP) is 4.03. The van der Waals surface area contributed by atoms with Crippen LogP contribution in [0.1, 0.15) is 61.7 Å². The van der Waals surface area contributed by atoms with Gasteiger partial charge in [0.25, 0.3) is 0 Å². The van der Waals surface area contributed by atoms with Gasteiger partial charge in [-0.1, -0.05) is 12.1 Å². The second-order valence-electron chi connectivity index (χ2n) is 9.75. The maximum atomic E-state index is 13.6. The van der Waals surface area contributed by atoms with Crippen LogP contribution in [0, 0.1) is 0 Å². The highest BCUT2D eigenvalue weighted by Gasteiger charge is 2.47. The Morgan fingerprint density at radius 2 is 1.81 bits per heavy atom. The van der Waals surface area contributed by atoms with Gasteiger partial charge < -0.3 is 14.7 Å². The van der Waals surface area contributed by atoms with Crippen LogP contribution in [0.25, 0.3) is 0 Å². The average Bonchev–Trinajstić information content (AvgIpc) is 3.43. The van der Waals surface area contributed by atoms with E-state index in [4.69, 9.17) is 9.84 Å². The zero-order valence-electron chi connectivity index (χ0n) is 19.5. The van der Waals surface area contributed by atoms with Crippen LogP contribution in [0.2, 0.25) is 0 Å². The number of nitrogens with zero attached hydrogens (tertiary/aromatic N) is 3. The van der Waals surface area contributed by atoms with Crippen molar-refractivity contribution in [3.8, 4) is 0 Å². The summed E-state index contributed by atoms with van der Waals surface area (Å²) < 4.78 is 74.9. The lowest BCUT2D eigenvalue weighted by Crippen LogP contribution is -2.38. The SMILES string of the molecule is O=C(O)[C@@H]1C[C@@H](S(=O)(=O)c2ccccc2C(F)(F)F)CN1c1cc(C2CCOCC2)nn1C1CCC1. The largest absolute Gasteiger partial charge is 0.480 e. The van der Waals surface area contributed by atoms with Crippen molar-refractivity contribution in [2.75, 3.05) is 24.7 Å². The van der Waals surface area contributed by atoms with Crippen molar-refractivity contribution in [3.63, 3.8) is 0 Å². The minimum Gasteiger partial charge on any atom is -0.480 e. The molecule has 0 amide bonds. The number of anilines is 1. The van der Waals surface area contributed by atoms with Crippen molar-refractivity contribution in [2.24, 2.45) is 0 Å². The molecular weight excluding hydrogens is 499 g/mol. The topological polar surface area (TPSA) is 102 Å². The maximum absolute atomic E-state index is 13.6. The van der Waals surface area contributed by atoms with E-state index in [2.05, 4.69) is 0 Å². The first-order valence-corrected chi connectivity index (χ1v) is 13.7. The fraction of sp³-hybridized carbons (Fsp3) is 0.583. The molecule has 0 spiro atoms. The number of hydrogen-bond donors (Lipinski definition) is 1. The molecule has 1 aromatic carbocycles. The van der Waals surface area contributed by atoms with Gasteiger partial charge in [0.2, 0.25) is 0 Å². The highest BCUT2D eigenvalue weighted by Crippen LogP contribution is 2.42. The lowest BCUT2D eigenvalue weighted by atomic mass is 9.93. The van der Waals surface area contributed by atoms with E-state index in [1.54, 1.807) is 0 Å². The molecule has 8 nitrogen and oxygen atoms in total. The van der Waals surface area contributed by atoms with Gasteiger partial charge in [-0.15, -0.1) is 0 Å². The number of alkyl halides is 3. The molecule has 3 fully saturated rings. The van der Waals surface area contributed by atoms with Crippen molar-refractivity contribution >= 4 is 21.6 Å². The summed E-state index contributed by atoms with van der Waals surface area (Å²) in [7, 11) is -4.47. The van der Waals surface area contributed by atoms with Gasteiger partial charge in [0.1, 0.15) is 11.9 Å². The number of hydrogen-bond acceptors (Lipinski definition) is 6. The zero-order valence-corrected chi connectivity index (χ0v) is 20.3. The minimum atomic E-state index is -4.85. The smallest absolute Gasteiger partial charge is 0.417 e. The van der Waals surface area contributed by atoms with Crippen molar-refractivity contribution in [1.29, 1.82) is 0 Å². The first kappa shape index (κ1) is 25.1. The van der Waals surface area contributed by atoms with Gasteiger partial charge in [-0.3, -0.25) is 0 Å². The molecule has 12 heteroatoms. The lowest BCUT2D eigenvalue weighted by Gasteiger charge is -2.31. The van der Waals surface area contributed by atoms with E-state index < -0.39 is 43.7 Å². The van der Waals surface area contributed by atoms with Crippen molar-refractivity contribution < 1.29 is 36.2 Å². The molecule has 1 aliphatic carbocycles. The lowest BCUT2D eigenvalue weighted by molar-refractivity contribution is -0.140. The predicted molar refractivity (Wildman–Crippen MR) is 124 cm³/mol. The van der Waals surface area contributed by atoms with Crippen LogP contribution in [-0.2, 0) is 25.5 Å². The molecule has 2 aliphatic heterocycles. The summed E-state index contributed by atoms with van der Waals surface area (Å²) in [5.74, 6) is -0.538. The molecule has 196 valence electrons. The van der Waals surface area contributed by atoms with Crippen LogP contribution in [-0.4, -0.2) is 60.3 Å². The molecule has 36 heavy (non-hydrogen) atoms. The summed E-state index contributed by atoms with van der Waals surface area (Å²) in [4.78, 5) is 12.9. The Morgan fingerprint density at radius 3 is 2.42 bits per heavy atom. The van der Waals surface area contributed by atoms with Crippen molar-refractivity contribution in [1.82, 2.24) is 9.78 Å². The van der Waals surface area contributed by atoms with E-state index in [-0.39, 0.29) is 24.9 Å². The molecule has 2 aromatic rings. The average molecular weight is 528 g/mol. The first-order chi connectivity index (χ1) is 17.1. The molecule has 3 heterocycles. The van der Waals surface area contributed by atoms with Gasteiger partial charge >= 0.3 is 12.1 Å². The number of ether oxygens (including phenoxy) is 1. The molecule has 1 aromatic heterocycles. The van der Waals surface area contributed by atoms with E-state index in [0.717, 1.165) is 56.0 Å². The number of aromatic nitrogens is 2. The summed E-state index contributed by atoms with van der Waals surface area (Å²) in [6.45, 7) is 0.991. The van der Waals surface area contributed by atoms with Gasteiger partial charge in [-0.2, -0.15) is 18.3 Å². The fourth-order valence-electron chi connectivity index (χ4n) is 5.35. The number of sulfone groups is 1. The molecule has 0 unspecified atom stereocenters.